The molecule has 0 aliphatic rings. The number of allylic oxidation sites excluding steroid dienone is 2. The van der Waals surface area contributed by atoms with E-state index in [1.54, 1.807) is 6.20 Å². The van der Waals surface area contributed by atoms with Crippen LogP contribution in [-0.2, 0) is 6.42 Å². The van der Waals surface area contributed by atoms with E-state index < -0.39 is 0 Å². The maximum Gasteiger partial charge on any atom is 0.256 e. The summed E-state index contributed by atoms with van der Waals surface area (Å²) in [7, 11) is 0. The van der Waals surface area contributed by atoms with Gasteiger partial charge in [-0.15, -0.1) is 0 Å². The van der Waals surface area contributed by atoms with Gasteiger partial charge in [-0.1, -0.05) is 30.4 Å². The number of nitrogens with one attached hydrogen (secondary N) is 1. The molecule has 0 saturated carbocycles. The van der Waals surface area contributed by atoms with Crippen molar-refractivity contribution in [2.75, 3.05) is 6.54 Å². The van der Waals surface area contributed by atoms with E-state index in [2.05, 4.69) is 11.1 Å². The Hall–Kier alpha value is -2.13. The zero-order chi connectivity index (χ0) is 14.5. The lowest BCUT2D eigenvalue weighted by Crippen LogP contribution is -2.33. The molecular formula is C17H20N2O. The summed E-state index contributed by atoms with van der Waals surface area (Å²) in [5, 5.41) is 3.76. The molecule has 0 fully saturated rings. The molecule has 1 heterocycles. The summed E-state index contributed by atoms with van der Waals surface area (Å²) in [6.45, 7) is 4.53. The normalized spacial score (nSPS) is 13.8. The first kappa shape index (κ1) is 14.3. The Morgan fingerprint density at radius 2 is 2.10 bits per heavy atom. The fraction of sp³-hybridized carbons (Fsp3) is 0.235. The van der Waals surface area contributed by atoms with Crippen LogP contribution in [0.3, 0.4) is 0 Å². The Labute approximate surface area is 118 Å². The zero-order valence-corrected chi connectivity index (χ0v) is 11.9. The molecule has 3 N–H and O–H groups in total. The zero-order valence-electron chi connectivity index (χ0n) is 11.9. The van der Waals surface area contributed by atoms with Gasteiger partial charge in [0.05, 0.1) is 5.39 Å². The maximum atomic E-state index is 12.1. The predicted octanol–water partition coefficient (Wildman–Crippen LogP) is 1.19. The first-order valence-corrected chi connectivity index (χ1v) is 6.85. The molecule has 0 aliphatic carbocycles. The highest BCUT2D eigenvalue weighted by molar-refractivity contribution is 5.83. The van der Waals surface area contributed by atoms with Gasteiger partial charge in [0.1, 0.15) is 0 Å². The van der Waals surface area contributed by atoms with Gasteiger partial charge >= 0.3 is 0 Å². The van der Waals surface area contributed by atoms with E-state index in [0.29, 0.717) is 6.54 Å². The highest BCUT2D eigenvalue weighted by atomic mass is 16.1. The van der Waals surface area contributed by atoms with Crippen molar-refractivity contribution in [2.45, 2.75) is 20.3 Å². The highest BCUT2D eigenvalue weighted by Gasteiger charge is 2.05. The summed E-state index contributed by atoms with van der Waals surface area (Å²) in [4.78, 5) is 14.9. The van der Waals surface area contributed by atoms with Crippen LogP contribution >= 0.6 is 0 Å². The summed E-state index contributed by atoms with van der Waals surface area (Å²) in [5.41, 5.74) is 6.84. The SMILES string of the molecule is C\C=C/C=c1/c(CCN)cc2cc[nH]c(=O)c2/c1=C/C. The van der Waals surface area contributed by atoms with Gasteiger partial charge in [-0.2, -0.15) is 0 Å². The van der Waals surface area contributed by atoms with Gasteiger partial charge in [0.25, 0.3) is 5.56 Å². The van der Waals surface area contributed by atoms with E-state index in [-0.39, 0.29) is 5.56 Å². The van der Waals surface area contributed by atoms with Gasteiger partial charge < -0.3 is 10.7 Å². The van der Waals surface area contributed by atoms with Crippen LogP contribution in [0.5, 0.6) is 0 Å². The van der Waals surface area contributed by atoms with Gasteiger partial charge in [0.15, 0.2) is 0 Å². The second-order valence-corrected chi connectivity index (χ2v) is 4.65. The molecule has 0 amide bonds. The van der Waals surface area contributed by atoms with Gasteiger partial charge in [-0.25, -0.2) is 0 Å². The van der Waals surface area contributed by atoms with Crippen molar-refractivity contribution in [2.24, 2.45) is 5.73 Å². The first-order valence-electron chi connectivity index (χ1n) is 6.85. The van der Waals surface area contributed by atoms with E-state index in [9.17, 15) is 4.79 Å². The number of aromatic amines is 1. The molecule has 0 aliphatic heterocycles. The summed E-state index contributed by atoms with van der Waals surface area (Å²) in [5.74, 6) is 0. The second-order valence-electron chi connectivity index (χ2n) is 4.65. The average molecular weight is 268 g/mol. The molecule has 2 rings (SSSR count). The summed E-state index contributed by atoms with van der Waals surface area (Å²) >= 11 is 0. The van der Waals surface area contributed by atoms with Crippen molar-refractivity contribution in [1.29, 1.82) is 0 Å². The van der Waals surface area contributed by atoms with E-state index in [1.165, 1.54) is 5.56 Å². The third-order valence-electron chi connectivity index (χ3n) is 3.39. The molecule has 0 radical (unpaired) electrons. The van der Waals surface area contributed by atoms with Gasteiger partial charge in [-0.3, -0.25) is 4.79 Å². The smallest absolute Gasteiger partial charge is 0.256 e. The van der Waals surface area contributed by atoms with Gasteiger partial charge in [-0.05, 0) is 54.3 Å². The largest absolute Gasteiger partial charge is 0.330 e. The molecule has 0 unspecified atom stereocenters. The first-order chi connectivity index (χ1) is 9.72. The molecule has 3 heteroatoms. The molecule has 3 nitrogen and oxygen atoms in total. The fourth-order valence-corrected chi connectivity index (χ4v) is 2.52. The van der Waals surface area contributed by atoms with Crippen molar-refractivity contribution in [3.05, 3.63) is 56.8 Å². The van der Waals surface area contributed by atoms with Crippen LogP contribution in [0.1, 0.15) is 19.4 Å². The number of aromatic nitrogens is 1. The van der Waals surface area contributed by atoms with Gasteiger partial charge in [0.2, 0.25) is 0 Å². The Balaban J connectivity index is 3.04. The van der Waals surface area contributed by atoms with Crippen LogP contribution in [0.2, 0.25) is 0 Å². The number of nitrogens with two attached hydrogens (primary N) is 1. The summed E-state index contributed by atoms with van der Waals surface area (Å²) < 4.78 is 0. The Morgan fingerprint density at radius 3 is 2.75 bits per heavy atom. The number of H-pyrrole nitrogens is 1. The quantitative estimate of drug-likeness (QED) is 0.878. The van der Waals surface area contributed by atoms with Crippen LogP contribution in [0.15, 0.2) is 35.3 Å². The maximum absolute atomic E-state index is 12.1. The van der Waals surface area contributed by atoms with Gasteiger partial charge in [0, 0.05) is 6.20 Å². The molecular weight excluding hydrogens is 248 g/mol. The number of rotatable bonds is 3. The highest BCUT2D eigenvalue weighted by Crippen LogP contribution is 2.05. The number of hydrogen-bond acceptors (Lipinski definition) is 2. The van der Waals surface area contributed by atoms with Crippen LogP contribution in [0.4, 0.5) is 0 Å². The standard InChI is InChI=1S/C17H20N2O/c1-3-5-6-15-12(7-9-18)11-13-8-10-19-17(20)16(13)14(15)4-2/h3-6,8,10-11H,7,9,18H2,1-2H3,(H,19,20)/b5-3-,14-4+,15-6-. The number of hydrogen-bond donors (Lipinski definition) is 2. The molecule has 1 aromatic carbocycles. The van der Waals surface area contributed by atoms with E-state index in [0.717, 1.165) is 27.6 Å². The van der Waals surface area contributed by atoms with Crippen molar-refractivity contribution in [3.8, 4) is 0 Å². The third-order valence-corrected chi connectivity index (χ3v) is 3.39. The minimum absolute atomic E-state index is 0.0509. The number of benzene rings is 1. The van der Waals surface area contributed by atoms with Crippen molar-refractivity contribution in [1.82, 2.24) is 4.98 Å². The molecule has 104 valence electrons. The van der Waals surface area contributed by atoms with Crippen LogP contribution in [0, 0.1) is 0 Å². The Bertz CT molecular complexity index is 813. The van der Waals surface area contributed by atoms with E-state index >= 15 is 0 Å². The minimum atomic E-state index is -0.0509. The lowest BCUT2D eigenvalue weighted by molar-refractivity contribution is 0.961. The lowest BCUT2D eigenvalue weighted by Gasteiger charge is -2.06. The van der Waals surface area contributed by atoms with Crippen LogP contribution < -0.4 is 21.7 Å². The minimum Gasteiger partial charge on any atom is -0.330 e. The predicted molar refractivity (Wildman–Crippen MR) is 86.0 cm³/mol. The Kier molecular flexibility index (Phi) is 4.53. The summed E-state index contributed by atoms with van der Waals surface area (Å²) in [6, 6.07) is 4.00. The van der Waals surface area contributed by atoms with E-state index in [4.69, 9.17) is 5.73 Å². The molecule has 1 aromatic heterocycles. The van der Waals surface area contributed by atoms with Crippen molar-refractivity contribution >= 4 is 22.9 Å². The third kappa shape index (κ3) is 2.58. The molecule has 0 bridgehead atoms. The van der Waals surface area contributed by atoms with Crippen molar-refractivity contribution in [3.63, 3.8) is 0 Å². The summed E-state index contributed by atoms with van der Waals surface area (Å²) in [6.07, 6.45) is 10.5. The molecule has 0 spiro atoms. The van der Waals surface area contributed by atoms with Crippen LogP contribution in [0.25, 0.3) is 22.9 Å². The molecule has 2 aromatic rings. The fourth-order valence-electron chi connectivity index (χ4n) is 2.52. The molecule has 20 heavy (non-hydrogen) atoms. The lowest BCUT2D eigenvalue weighted by atomic mass is 10.00. The van der Waals surface area contributed by atoms with Crippen molar-refractivity contribution < 1.29 is 0 Å². The Morgan fingerprint density at radius 1 is 1.30 bits per heavy atom. The number of fused-ring (bicyclic) bond motifs is 1. The molecule has 0 atom stereocenters. The second kappa shape index (κ2) is 6.35. The average Bonchev–Trinajstić information content (AvgIpc) is 2.45. The topological polar surface area (TPSA) is 58.9 Å². The monoisotopic (exact) mass is 268 g/mol. The van der Waals surface area contributed by atoms with E-state index in [1.807, 2.05) is 44.2 Å². The van der Waals surface area contributed by atoms with Crippen LogP contribution in [-0.4, -0.2) is 11.5 Å². The molecule has 0 saturated heterocycles. The number of pyridine rings is 1.